The Hall–Kier alpha value is -2.68. The molecule has 116 valence electrons. The first-order valence-electron chi connectivity index (χ1n) is 6.90. The Morgan fingerprint density at radius 1 is 1.45 bits per heavy atom. The van der Waals surface area contributed by atoms with Crippen LogP contribution in [0.25, 0.3) is 11.0 Å². The number of anilines is 2. The van der Waals surface area contributed by atoms with E-state index in [1.165, 1.54) is 0 Å². The zero-order chi connectivity index (χ0) is 15.5. The number of carbonyl (C=O) groups is 1. The van der Waals surface area contributed by atoms with Crippen LogP contribution in [-0.4, -0.2) is 60.9 Å². The molecule has 2 aromatic heterocycles. The van der Waals surface area contributed by atoms with Crippen molar-refractivity contribution in [2.45, 2.75) is 0 Å². The highest BCUT2D eigenvalue weighted by Crippen LogP contribution is 2.26. The number of fused-ring (bicyclic) bond motifs is 1. The molecule has 22 heavy (non-hydrogen) atoms. The number of rotatable bonds is 4. The van der Waals surface area contributed by atoms with E-state index in [1.807, 2.05) is 0 Å². The van der Waals surface area contributed by atoms with Crippen LogP contribution in [0.3, 0.4) is 0 Å². The molecule has 9 heteroatoms. The number of aromatic nitrogens is 3. The molecule has 0 unspecified atom stereocenters. The Morgan fingerprint density at radius 2 is 2.23 bits per heavy atom. The number of ether oxygens (including phenoxy) is 1. The number of hydrazone groups is 1. The van der Waals surface area contributed by atoms with Crippen LogP contribution < -0.4 is 15.6 Å². The molecule has 1 saturated heterocycles. The molecule has 2 aromatic rings. The first-order valence-corrected chi connectivity index (χ1v) is 6.90. The van der Waals surface area contributed by atoms with Crippen molar-refractivity contribution in [2.24, 2.45) is 5.10 Å². The van der Waals surface area contributed by atoms with Gasteiger partial charge in [-0.25, -0.2) is 10.4 Å². The van der Waals surface area contributed by atoms with Crippen molar-refractivity contribution in [1.82, 2.24) is 20.3 Å². The molecule has 1 aliphatic heterocycles. The summed E-state index contributed by atoms with van der Waals surface area (Å²) < 4.78 is 5.37. The summed E-state index contributed by atoms with van der Waals surface area (Å²) in [6, 6.07) is 1.69. The fraction of sp³-hybridized carbons (Fsp3) is 0.385. The maximum Gasteiger partial charge on any atom is 0.267 e. The minimum Gasteiger partial charge on any atom is -0.378 e. The molecular formula is C13H17N7O2. The first-order chi connectivity index (χ1) is 10.7. The van der Waals surface area contributed by atoms with Gasteiger partial charge >= 0.3 is 0 Å². The van der Waals surface area contributed by atoms with Crippen LogP contribution in [0.5, 0.6) is 0 Å². The van der Waals surface area contributed by atoms with Crippen molar-refractivity contribution in [1.29, 1.82) is 0 Å². The summed E-state index contributed by atoms with van der Waals surface area (Å²) in [7, 11) is 1.58. The molecule has 1 fully saturated rings. The summed E-state index contributed by atoms with van der Waals surface area (Å²) >= 11 is 0. The van der Waals surface area contributed by atoms with Gasteiger partial charge in [-0.3, -0.25) is 4.79 Å². The summed E-state index contributed by atoms with van der Waals surface area (Å²) in [5.41, 5.74) is 4.44. The maximum atomic E-state index is 11.8. The highest BCUT2D eigenvalue weighted by atomic mass is 16.5. The summed E-state index contributed by atoms with van der Waals surface area (Å²) in [5, 5.41) is 6.18. The normalized spacial score (nSPS) is 14.9. The highest BCUT2D eigenvalue weighted by molar-refractivity contribution is 5.99. The molecule has 3 rings (SSSR count). The first kappa shape index (κ1) is 14.3. The minimum atomic E-state index is -0.206. The van der Waals surface area contributed by atoms with Crippen LogP contribution in [-0.2, 0) is 4.74 Å². The average Bonchev–Trinajstić information content (AvgIpc) is 2.98. The fourth-order valence-corrected chi connectivity index (χ4v) is 2.38. The van der Waals surface area contributed by atoms with Gasteiger partial charge in [0.2, 0.25) is 5.95 Å². The summed E-state index contributed by atoms with van der Waals surface area (Å²) in [6.07, 6.45) is 0. The van der Waals surface area contributed by atoms with Gasteiger partial charge in [0.15, 0.2) is 5.82 Å². The molecule has 0 radical (unpaired) electrons. The van der Waals surface area contributed by atoms with Gasteiger partial charge < -0.3 is 19.9 Å². The molecule has 0 aliphatic carbocycles. The standard InChI is InChI=1S/C13H17N7O2/c1-14-12(21)9-7-8-10(16-9)11(18-13(17-8)19-15-2)20-3-5-22-6-4-20/h7,16H,2-6H2,1H3,(H,14,21)(H,17,18,19). The number of H-pyrrole nitrogens is 1. The van der Waals surface area contributed by atoms with Crippen LogP contribution in [0, 0.1) is 0 Å². The predicted molar refractivity (Wildman–Crippen MR) is 83.5 cm³/mol. The van der Waals surface area contributed by atoms with Crippen molar-refractivity contribution >= 4 is 35.4 Å². The quantitative estimate of drug-likeness (QED) is 0.549. The SMILES string of the molecule is C=NNc1nc(N2CCOCC2)c2[nH]c(C(=O)NC)cc2n1. The third-order valence-electron chi connectivity index (χ3n) is 3.42. The van der Waals surface area contributed by atoms with Gasteiger partial charge in [-0.1, -0.05) is 0 Å². The topological polar surface area (TPSA) is 108 Å². The van der Waals surface area contributed by atoms with E-state index >= 15 is 0 Å². The van der Waals surface area contributed by atoms with Crippen molar-refractivity contribution in [2.75, 3.05) is 43.7 Å². The van der Waals surface area contributed by atoms with Crippen LogP contribution in [0.1, 0.15) is 10.5 Å². The van der Waals surface area contributed by atoms with Crippen molar-refractivity contribution in [3.05, 3.63) is 11.8 Å². The maximum absolute atomic E-state index is 11.8. The smallest absolute Gasteiger partial charge is 0.267 e. The zero-order valence-electron chi connectivity index (χ0n) is 12.2. The lowest BCUT2D eigenvalue weighted by molar-refractivity contribution is 0.0959. The molecule has 1 amide bonds. The monoisotopic (exact) mass is 303 g/mol. The lowest BCUT2D eigenvalue weighted by Gasteiger charge is -2.28. The third kappa shape index (κ3) is 2.58. The summed E-state index contributed by atoms with van der Waals surface area (Å²) in [5.74, 6) is 0.850. The van der Waals surface area contributed by atoms with E-state index in [0.29, 0.717) is 30.4 Å². The van der Waals surface area contributed by atoms with Crippen LogP contribution >= 0.6 is 0 Å². The highest BCUT2D eigenvalue weighted by Gasteiger charge is 2.20. The Morgan fingerprint density at radius 3 is 2.91 bits per heavy atom. The number of nitrogens with one attached hydrogen (secondary N) is 3. The van der Waals surface area contributed by atoms with E-state index in [9.17, 15) is 4.79 Å². The van der Waals surface area contributed by atoms with Gasteiger partial charge in [0.1, 0.15) is 11.2 Å². The van der Waals surface area contributed by atoms with Crippen molar-refractivity contribution in [3.63, 3.8) is 0 Å². The van der Waals surface area contributed by atoms with Gasteiger partial charge in [-0.2, -0.15) is 10.1 Å². The van der Waals surface area contributed by atoms with E-state index in [2.05, 4.69) is 42.4 Å². The summed E-state index contributed by atoms with van der Waals surface area (Å²) in [6.45, 7) is 6.10. The fourth-order valence-electron chi connectivity index (χ4n) is 2.38. The number of hydrogen-bond donors (Lipinski definition) is 3. The minimum absolute atomic E-state index is 0.206. The second kappa shape index (κ2) is 5.98. The van der Waals surface area contributed by atoms with E-state index in [0.717, 1.165) is 24.4 Å². The van der Waals surface area contributed by atoms with Gasteiger partial charge in [-0.15, -0.1) is 0 Å². The largest absolute Gasteiger partial charge is 0.378 e. The second-order valence-electron chi connectivity index (χ2n) is 4.76. The van der Waals surface area contributed by atoms with Crippen molar-refractivity contribution < 1.29 is 9.53 Å². The molecule has 0 spiro atoms. The summed E-state index contributed by atoms with van der Waals surface area (Å²) in [4.78, 5) is 25.8. The van der Waals surface area contributed by atoms with Gasteiger partial charge in [0, 0.05) is 26.9 Å². The molecular weight excluding hydrogens is 286 g/mol. The zero-order valence-corrected chi connectivity index (χ0v) is 12.2. The molecule has 3 N–H and O–H groups in total. The number of nitrogens with zero attached hydrogens (tertiary/aromatic N) is 4. The lowest BCUT2D eigenvalue weighted by Crippen LogP contribution is -2.37. The van der Waals surface area contributed by atoms with E-state index < -0.39 is 0 Å². The van der Waals surface area contributed by atoms with Crippen LogP contribution in [0.15, 0.2) is 11.2 Å². The molecule has 3 heterocycles. The second-order valence-corrected chi connectivity index (χ2v) is 4.76. The number of morpholine rings is 1. The Balaban J connectivity index is 2.11. The average molecular weight is 303 g/mol. The predicted octanol–water partition coefficient (Wildman–Crippen LogP) is 0.182. The lowest BCUT2D eigenvalue weighted by atomic mass is 10.3. The molecule has 1 aliphatic rings. The number of aromatic amines is 1. The van der Waals surface area contributed by atoms with E-state index in [-0.39, 0.29) is 5.91 Å². The van der Waals surface area contributed by atoms with Gasteiger partial charge in [0.25, 0.3) is 5.91 Å². The third-order valence-corrected chi connectivity index (χ3v) is 3.42. The number of hydrogen-bond acceptors (Lipinski definition) is 7. The van der Waals surface area contributed by atoms with Crippen LogP contribution in [0.2, 0.25) is 0 Å². The van der Waals surface area contributed by atoms with E-state index in [4.69, 9.17) is 4.74 Å². The van der Waals surface area contributed by atoms with Crippen LogP contribution in [0.4, 0.5) is 11.8 Å². The number of amides is 1. The van der Waals surface area contributed by atoms with Crippen molar-refractivity contribution in [3.8, 4) is 0 Å². The van der Waals surface area contributed by atoms with Gasteiger partial charge in [-0.05, 0) is 6.07 Å². The molecule has 0 aromatic carbocycles. The Labute approximate surface area is 126 Å². The van der Waals surface area contributed by atoms with E-state index in [1.54, 1.807) is 13.1 Å². The number of carbonyl (C=O) groups excluding carboxylic acids is 1. The molecule has 0 atom stereocenters. The molecule has 0 saturated carbocycles. The Bertz CT molecular complexity index is 706. The van der Waals surface area contributed by atoms with Gasteiger partial charge in [0.05, 0.1) is 18.7 Å². The molecule has 9 nitrogen and oxygen atoms in total. The Kier molecular flexibility index (Phi) is 3.88. The molecule has 0 bridgehead atoms.